The predicted molar refractivity (Wildman–Crippen MR) is 251 cm³/mol. The highest BCUT2D eigenvalue weighted by molar-refractivity contribution is 7.25. The molecule has 0 spiro atoms. The summed E-state index contributed by atoms with van der Waals surface area (Å²) in [4.78, 5) is 2.45. The van der Waals surface area contributed by atoms with Crippen LogP contribution in [-0.4, -0.2) is 0 Å². The highest BCUT2D eigenvalue weighted by Gasteiger charge is 2.20. The summed E-state index contributed by atoms with van der Waals surface area (Å²) in [5.74, 6) is 0. The van der Waals surface area contributed by atoms with Crippen molar-refractivity contribution in [3.8, 4) is 44.5 Å². The molecule has 0 unspecified atom stereocenters. The van der Waals surface area contributed by atoms with E-state index < -0.39 is 0 Å². The zero-order valence-electron chi connectivity index (χ0n) is 31.7. The molecule has 0 N–H and O–H groups in total. The average molecular weight is 756 g/mol. The van der Waals surface area contributed by atoms with E-state index in [1.54, 1.807) is 0 Å². The van der Waals surface area contributed by atoms with E-state index in [1.165, 1.54) is 86.2 Å². The molecule has 0 radical (unpaired) electrons. The fourth-order valence-corrected chi connectivity index (χ4v) is 9.69. The van der Waals surface area contributed by atoms with Gasteiger partial charge in [0, 0.05) is 37.1 Å². The van der Waals surface area contributed by atoms with Gasteiger partial charge in [0.15, 0.2) is 0 Å². The lowest BCUT2D eigenvalue weighted by molar-refractivity contribution is 1.29. The maximum atomic E-state index is 2.45. The van der Waals surface area contributed by atoms with Crippen LogP contribution in [0, 0.1) is 0 Å². The van der Waals surface area contributed by atoms with Gasteiger partial charge in [-0.1, -0.05) is 176 Å². The Morgan fingerprint density at radius 2 is 0.879 bits per heavy atom. The number of fused-ring (bicyclic) bond motifs is 5. The molecule has 0 saturated heterocycles. The third kappa shape index (κ3) is 6.12. The maximum absolute atomic E-state index is 2.45. The monoisotopic (exact) mass is 755 g/mol. The summed E-state index contributed by atoms with van der Waals surface area (Å²) in [6.07, 6.45) is 0. The second-order valence-electron chi connectivity index (χ2n) is 14.9. The van der Waals surface area contributed by atoms with Gasteiger partial charge in [-0.15, -0.1) is 11.3 Å². The number of hydrogen-bond donors (Lipinski definition) is 0. The van der Waals surface area contributed by atoms with Crippen LogP contribution in [0.5, 0.6) is 0 Å². The SMILES string of the molecule is c1ccc(-c2ccc(-c3cccc4ccccc34)cc2N(c2ccc(-c3cccc(-c4ccc5ccccc5c4)c3)cc2)c2ccc3c(c2)sc2ccccc23)cc1. The normalized spacial score (nSPS) is 11.4. The first-order chi connectivity index (χ1) is 28.7. The molecule has 0 bridgehead atoms. The summed E-state index contributed by atoms with van der Waals surface area (Å²) < 4.78 is 2.58. The van der Waals surface area contributed by atoms with Gasteiger partial charge in [0.05, 0.1) is 5.69 Å². The van der Waals surface area contributed by atoms with Gasteiger partial charge in [0.2, 0.25) is 0 Å². The molecule has 1 heterocycles. The number of benzene rings is 10. The molecule has 0 atom stereocenters. The Balaban J connectivity index is 1.08. The van der Waals surface area contributed by atoms with E-state index in [1.807, 2.05) is 11.3 Å². The molecule has 0 aliphatic rings. The molecular weight excluding hydrogens is 719 g/mol. The minimum absolute atomic E-state index is 1.10. The van der Waals surface area contributed by atoms with Crippen LogP contribution >= 0.6 is 11.3 Å². The Labute approximate surface area is 342 Å². The third-order valence-electron chi connectivity index (χ3n) is 11.4. The van der Waals surface area contributed by atoms with Gasteiger partial charge in [0.1, 0.15) is 0 Å². The number of rotatable bonds is 7. The van der Waals surface area contributed by atoms with Crippen LogP contribution < -0.4 is 4.90 Å². The van der Waals surface area contributed by atoms with E-state index >= 15 is 0 Å². The molecule has 0 amide bonds. The fraction of sp³-hybridized carbons (Fsp3) is 0. The summed E-state index contributed by atoms with van der Waals surface area (Å²) in [5.41, 5.74) is 12.9. The third-order valence-corrected chi connectivity index (χ3v) is 12.6. The molecule has 11 aromatic rings. The van der Waals surface area contributed by atoms with Crippen LogP contribution in [0.2, 0.25) is 0 Å². The van der Waals surface area contributed by atoms with Crippen molar-refractivity contribution < 1.29 is 0 Å². The van der Waals surface area contributed by atoms with Crippen molar-refractivity contribution >= 4 is 70.1 Å². The maximum Gasteiger partial charge on any atom is 0.0546 e. The van der Waals surface area contributed by atoms with E-state index in [4.69, 9.17) is 0 Å². The van der Waals surface area contributed by atoms with Crippen molar-refractivity contribution in [3.63, 3.8) is 0 Å². The Hall–Kier alpha value is -7.26. The first-order valence-corrected chi connectivity index (χ1v) is 20.6. The molecule has 1 nitrogen and oxygen atoms in total. The van der Waals surface area contributed by atoms with E-state index in [2.05, 4.69) is 229 Å². The van der Waals surface area contributed by atoms with Crippen LogP contribution in [0.15, 0.2) is 224 Å². The van der Waals surface area contributed by atoms with Crippen LogP contribution in [0.1, 0.15) is 0 Å². The molecule has 0 saturated carbocycles. The number of anilines is 3. The zero-order chi connectivity index (χ0) is 38.4. The number of thiophene rings is 1. The first kappa shape index (κ1) is 34.0. The van der Waals surface area contributed by atoms with Gasteiger partial charge < -0.3 is 4.90 Å². The molecule has 10 aromatic carbocycles. The Morgan fingerprint density at radius 1 is 0.276 bits per heavy atom. The van der Waals surface area contributed by atoms with Crippen molar-refractivity contribution in [3.05, 3.63) is 224 Å². The largest absolute Gasteiger partial charge is 0.310 e. The van der Waals surface area contributed by atoms with Crippen LogP contribution in [-0.2, 0) is 0 Å². The first-order valence-electron chi connectivity index (χ1n) is 19.8. The van der Waals surface area contributed by atoms with Gasteiger partial charge in [-0.3, -0.25) is 0 Å². The highest BCUT2D eigenvalue weighted by atomic mass is 32.1. The summed E-state index contributed by atoms with van der Waals surface area (Å²) in [6, 6.07) is 82.1. The minimum Gasteiger partial charge on any atom is -0.310 e. The molecule has 0 aliphatic heterocycles. The topological polar surface area (TPSA) is 3.24 Å². The summed E-state index contributed by atoms with van der Waals surface area (Å²) in [6.45, 7) is 0. The summed E-state index contributed by atoms with van der Waals surface area (Å²) >= 11 is 1.86. The van der Waals surface area contributed by atoms with Gasteiger partial charge in [-0.05, 0) is 109 Å². The zero-order valence-corrected chi connectivity index (χ0v) is 32.5. The molecule has 58 heavy (non-hydrogen) atoms. The Bertz CT molecular complexity index is 3280. The quantitative estimate of drug-likeness (QED) is 0.157. The fourth-order valence-electron chi connectivity index (χ4n) is 8.55. The molecule has 0 fully saturated rings. The van der Waals surface area contributed by atoms with Gasteiger partial charge in [0.25, 0.3) is 0 Å². The molecule has 11 rings (SSSR count). The highest BCUT2D eigenvalue weighted by Crippen LogP contribution is 2.46. The molecular formula is C56H37NS. The lowest BCUT2D eigenvalue weighted by Crippen LogP contribution is -2.11. The van der Waals surface area contributed by atoms with Gasteiger partial charge >= 0.3 is 0 Å². The smallest absolute Gasteiger partial charge is 0.0546 e. The average Bonchev–Trinajstić information content (AvgIpc) is 3.67. The Morgan fingerprint density at radius 3 is 1.74 bits per heavy atom. The van der Waals surface area contributed by atoms with Gasteiger partial charge in [-0.2, -0.15) is 0 Å². The van der Waals surface area contributed by atoms with Crippen LogP contribution in [0.3, 0.4) is 0 Å². The van der Waals surface area contributed by atoms with Crippen molar-refractivity contribution in [1.82, 2.24) is 0 Å². The Kier molecular flexibility index (Phi) is 8.42. The minimum atomic E-state index is 1.10. The molecule has 0 aliphatic carbocycles. The standard InChI is InChI=1S/C56H37NS/c1-2-13-41(14-3-1)51-32-28-46(50-22-11-17-40-15-6-7-20-49(40)50)36-54(51)57(48-31-33-53-52-21-8-9-23-55(52)58-56(53)37-48)47-29-26-39(27-30-47)43-18-10-19-44(34-43)45-25-24-38-12-4-5-16-42(38)35-45/h1-37H. The lowest BCUT2D eigenvalue weighted by Gasteiger charge is -2.29. The molecule has 1 aromatic heterocycles. The van der Waals surface area contributed by atoms with Crippen LogP contribution in [0.25, 0.3) is 86.2 Å². The van der Waals surface area contributed by atoms with Crippen molar-refractivity contribution in [2.24, 2.45) is 0 Å². The second-order valence-corrected chi connectivity index (χ2v) is 16.0. The van der Waals surface area contributed by atoms with E-state index in [9.17, 15) is 0 Å². The molecule has 2 heteroatoms. The summed E-state index contributed by atoms with van der Waals surface area (Å²) in [7, 11) is 0. The lowest BCUT2D eigenvalue weighted by atomic mass is 9.94. The van der Waals surface area contributed by atoms with E-state index in [0.717, 1.165) is 17.1 Å². The number of nitrogens with zero attached hydrogens (tertiary/aromatic N) is 1. The van der Waals surface area contributed by atoms with Crippen molar-refractivity contribution in [2.45, 2.75) is 0 Å². The molecule has 272 valence electrons. The van der Waals surface area contributed by atoms with Crippen molar-refractivity contribution in [2.75, 3.05) is 4.90 Å². The van der Waals surface area contributed by atoms with Crippen LogP contribution in [0.4, 0.5) is 17.1 Å². The van der Waals surface area contributed by atoms with E-state index in [-0.39, 0.29) is 0 Å². The number of hydrogen-bond acceptors (Lipinski definition) is 2. The van der Waals surface area contributed by atoms with E-state index in [0.29, 0.717) is 0 Å². The van der Waals surface area contributed by atoms with Gasteiger partial charge in [-0.25, -0.2) is 0 Å². The summed E-state index contributed by atoms with van der Waals surface area (Å²) in [5, 5.41) is 7.59. The second kappa shape index (κ2) is 14.4. The van der Waals surface area contributed by atoms with Crippen molar-refractivity contribution in [1.29, 1.82) is 0 Å². The predicted octanol–water partition coefficient (Wildman–Crippen LogP) is 16.5.